The van der Waals surface area contributed by atoms with E-state index in [0.29, 0.717) is 37.0 Å². The summed E-state index contributed by atoms with van der Waals surface area (Å²) in [6, 6.07) is 15.3. The Bertz CT molecular complexity index is 1680. The molecule has 11 nitrogen and oxygen atoms in total. The topological polar surface area (TPSA) is 191 Å². The van der Waals surface area contributed by atoms with Gasteiger partial charge in [0.05, 0.1) is 32.3 Å². The van der Waals surface area contributed by atoms with E-state index in [1.807, 2.05) is 24.4 Å². The molecule has 1 aliphatic carbocycles. The summed E-state index contributed by atoms with van der Waals surface area (Å²) in [5, 5.41) is 54.1. The van der Waals surface area contributed by atoms with Gasteiger partial charge < -0.3 is 45.7 Å². The van der Waals surface area contributed by atoms with E-state index in [9.17, 15) is 30.3 Å². The molecule has 5 atom stereocenters. The number of nitrogen functional groups attached to an aromatic ring is 1. The number of H-pyrrole nitrogens is 1. The summed E-state index contributed by atoms with van der Waals surface area (Å²) in [6.45, 7) is 0. The summed E-state index contributed by atoms with van der Waals surface area (Å²) in [6.07, 6.45) is 3.62. The van der Waals surface area contributed by atoms with Gasteiger partial charge in [0.25, 0.3) is 0 Å². The van der Waals surface area contributed by atoms with E-state index in [4.69, 9.17) is 15.2 Å². The lowest BCUT2D eigenvalue weighted by molar-refractivity contribution is -0.132. The molecule has 0 spiro atoms. The van der Waals surface area contributed by atoms with Crippen molar-refractivity contribution in [1.82, 2.24) is 9.97 Å². The number of carbonyl (C=O) groups excluding carboxylic acids is 1. The number of hydrogen-bond acceptors (Lipinski definition) is 10. The summed E-state index contributed by atoms with van der Waals surface area (Å²) >= 11 is 0. The van der Waals surface area contributed by atoms with Gasteiger partial charge in [0.15, 0.2) is 23.0 Å². The zero-order valence-corrected chi connectivity index (χ0v) is 26.6. The second-order valence-corrected chi connectivity index (χ2v) is 12.3. The van der Waals surface area contributed by atoms with Crippen molar-refractivity contribution < 1.29 is 39.8 Å². The number of aromatic amines is 1. The minimum atomic E-state index is -1.13. The first-order valence-corrected chi connectivity index (χ1v) is 15.7. The largest absolute Gasteiger partial charge is 0.504 e. The van der Waals surface area contributed by atoms with Crippen LogP contribution >= 0.6 is 0 Å². The number of pyridine rings is 1. The highest BCUT2D eigenvalue weighted by Crippen LogP contribution is 2.54. The Labute approximate surface area is 273 Å². The van der Waals surface area contributed by atoms with Gasteiger partial charge in [-0.1, -0.05) is 6.07 Å². The van der Waals surface area contributed by atoms with Crippen LogP contribution in [-0.4, -0.2) is 67.7 Å². The molecule has 1 aliphatic rings. The quantitative estimate of drug-likeness (QED) is 0.0979. The number of benzene rings is 2. The van der Waals surface area contributed by atoms with Gasteiger partial charge >= 0.3 is 0 Å². The average molecular weight is 646 g/mol. The molecule has 4 aromatic rings. The third-order valence-electron chi connectivity index (χ3n) is 9.65. The smallest absolute Gasteiger partial charge is 0.200 e. The number of rotatable bonds is 14. The zero-order chi connectivity index (χ0) is 33.7. The highest BCUT2D eigenvalue weighted by Gasteiger charge is 2.57. The molecule has 250 valence electrons. The van der Waals surface area contributed by atoms with Crippen LogP contribution in [0.5, 0.6) is 28.7 Å². The van der Waals surface area contributed by atoms with E-state index >= 15 is 0 Å². The number of ether oxygens (including phenoxy) is 2. The number of anilines is 1. The number of aryl methyl sites for hydroxylation is 2. The Hall–Kier alpha value is -4.74. The first-order valence-electron chi connectivity index (χ1n) is 15.7. The Morgan fingerprint density at radius 1 is 1.02 bits per heavy atom. The number of aromatic hydroxyl groups is 3. The number of methoxy groups -OCH3 is 2. The lowest BCUT2D eigenvalue weighted by Gasteiger charge is -2.45. The molecule has 0 radical (unpaired) electrons. The van der Waals surface area contributed by atoms with Crippen molar-refractivity contribution in [2.45, 2.75) is 62.6 Å². The zero-order valence-electron chi connectivity index (χ0n) is 26.6. The molecule has 8 N–H and O–H groups in total. The number of aliphatic hydroxyl groups is 2. The molecule has 0 saturated heterocycles. The number of carbonyl (C=O) groups is 1. The lowest BCUT2D eigenvalue weighted by atomic mass is 9.58. The molecular formula is C36H43N3O8. The van der Waals surface area contributed by atoms with Crippen LogP contribution in [0.3, 0.4) is 0 Å². The Balaban J connectivity index is 1.56. The SMILES string of the molecule is COc1cc(CCC(O)C(C(=O)CCc2cc(O)c(O)c(OC)c2)C2(c3ccnc(N)c3)CCC(O)C2Cc2ccc[nH]2)ccc1O. The van der Waals surface area contributed by atoms with Gasteiger partial charge in [0.2, 0.25) is 5.75 Å². The fourth-order valence-electron chi connectivity index (χ4n) is 7.40. The number of aliphatic hydroxyl groups excluding tert-OH is 2. The highest BCUT2D eigenvalue weighted by atomic mass is 16.5. The summed E-state index contributed by atoms with van der Waals surface area (Å²) < 4.78 is 10.5. The number of aromatic nitrogens is 2. The van der Waals surface area contributed by atoms with Crippen LogP contribution in [0.15, 0.2) is 67.0 Å². The molecule has 1 fully saturated rings. The average Bonchev–Trinajstić information content (AvgIpc) is 3.70. The van der Waals surface area contributed by atoms with E-state index in [-0.39, 0.29) is 53.9 Å². The monoisotopic (exact) mass is 645 g/mol. The van der Waals surface area contributed by atoms with Gasteiger partial charge in [0, 0.05) is 35.8 Å². The molecular weight excluding hydrogens is 602 g/mol. The summed E-state index contributed by atoms with van der Waals surface area (Å²) in [5.74, 6) is -1.69. The molecule has 5 unspecified atom stereocenters. The van der Waals surface area contributed by atoms with Crippen molar-refractivity contribution in [3.8, 4) is 28.7 Å². The molecule has 5 rings (SSSR count). The molecule has 11 heteroatoms. The number of nitrogens with one attached hydrogen (secondary N) is 1. The maximum absolute atomic E-state index is 14.6. The molecule has 47 heavy (non-hydrogen) atoms. The number of phenols is 3. The minimum absolute atomic E-state index is 0.00285. The standard InChI is InChI=1S/C36H43N3O8/c1-46-31-17-21(5-8-27(31)41)6-9-28(42)34(29(43)10-7-22-16-30(44)35(45)32(18-22)47-2)36(23-12-15-39-33(37)19-23)13-11-26(40)25(36)20-24-4-3-14-38-24/h3-5,8,12,14-19,25-26,28,34,38,40-42,44-45H,6-7,9-11,13,20H2,1-2H3,(H2,37,39). The second-order valence-electron chi connectivity index (χ2n) is 12.3. The van der Waals surface area contributed by atoms with Gasteiger partial charge in [0.1, 0.15) is 11.6 Å². The van der Waals surface area contributed by atoms with Crippen molar-refractivity contribution in [3.63, 3.8) is 0 Å². The Morgan fingerprint density at radius 2 is 1.79 bits per heavy atom. The normalized spacial score (nSPS) is 20.5. The second kappa shape index (κ2) is 14.4. The van der Waals surface area contributed by atoms with Crippen LogP contribution in [0, 0.1) is 11.8 Å². The van der Waals surface area contributed by atoms with Crippen LogP contribution in [0.1, 0.15) is 48.1 Å². The third kappa shape index (κ3) is 7.01. The first-order chi connectivity index (χ1) is 22.6. The van der Waals surface area contributed by atoms with Crippen LogP contribution in [-0.2, 0) is 29.5 Å². The van der Waals surface area contributed by atoms with Crippen LogP contribution < -0.4 is 15.2 Å². The molecule has 2 heterocycles. The van der Waals surface area contributed by atoms with E-state index < -0.39 is 29.5 Å². The third-order valence-corrected chi connectivity index (χ3v) is 9.65. The lowest BCUT2D eigenvalue weighted by Crippen LogP contribution is -2.51. The van der Waals surface area contributed by atoms with Crippen LogP contribution in [0.25, 0.3) is 0 Å². The summed E-state index contributed by atoms with van der Waals surface area (Å²) in [5.41, 5.74) is 8.21. The number of nitrogens with two attached hydrogens (primary N) is 1. The predicted octanol–water partition coefficient (Wildman–Crippen LogP) is 4.19. The number of hydrogen-bond donors (Lipinski definition) is 7. The molecule has 0 amide bonds. The van der Waals surface area contributed by atoms with Gasteiger partial charge in [-0.15, -0.1) is 0 Å². The highest BCUT2D eigenvalue weighted by molar-refractivity contribution is 5.84. The first kappa shape index (κ1) is 33.6. The summed E-state index contributed by atoms with van der Waals surface area (Å²) in [4.78, 5) is 22.1. The molecule has 2 aromatic carbocycles. The van der Waals surface area contributed by atoms with Gasteiger partial charge in [-0.3, -0.25) is 4.79 Å². The van der Waals surface area contributed by atoms with Gasteiger partial charge in [-0.05, 0) is 104 Å². The summed E-state index contributed by atoms with van der Waals surface area (Å²) in [7, 11) is 2.84. The van der Waals surface area contributed by atoms with E-state index in [1.54, 1.807) is 30.5 Å². The van der Waals surface area contributed by atoms with Crippen LogP contribution in [0.4, 0.5) is 5.82 Å². The molecule has 2 aromatic heterocycles. The fourth-order valence-corrected chi connectivity index (χ4v) is 7.40. The Kier molecular flexibility index (Phi) is 10.3. The van der Waals surface area contributed by atoms with E-state index in [2.05, 4.69) is 9.97 Å². The van der Waals surface area contributed by atoms with Crippen LogP contribution in [0.2, 0.25) is 0 Å². The van der Waals surface area contributed by atoms with Gasteiger partial charge in [-0.25, -0.2) is 4.98 Å². The predicted molar refractivity (Wildman–Crippen MR) is 176 cm³/mol. The van der Waals surface area contributed by atoms with Crippen molar-refractivity contribution in [3.05, 3.63) is 89.4 Å². The molecule has 0 aliphatic heterocycles. The van der Waals surface area contributed by atoms with Crippen molar-refractivity contribution in [2.24, 2.45) is 11.8 Å². The van der Waals surface area contributed by atoms with Crippen molar-refractivity contribution in [1.29, 1.82) is 0 Å². The number of phenolic OH excluding ortho intramolecular Hbond substituents is 3. The number of nitrogens with zero attached hydrogens (tertiary/aromatic N) is 1. The minimum Gasteiger partial charge on any atom is -0.504 e. The van der Waals surface area contributed by atoms with E-state index in [0.717, 1.165) is 16.8 Å². The number of ketones is 1. The number of Topliss-reactive ketones (excluding diaryl/α,β-unsaturated/α-hetero) is 1. The van der Waals surface area contributed by atoms with Crippen molar-refractivity contribution in [2.75, 3.05) is 20.0 Å². The maximum atomic E-state index is 14.6. The fraction of sp³-hybridized carbons (Fsp3) is 0.389. The Morgan fingerprint density at radius 3 is 2.49 bits per heavy atom. The maximum Gasteiger partial charge on any atom is 0.200 e. The van der Waals surface area contributed by atoms with Gasteiger partial charge in [-0.2, -0.15) is 0 Å². The molecule has 1 saturated carbocycles. The molecule has 0 bridgehead atoms. The van der Waals surface area contributed by atoms with Crippen molar-refractivity contribution >= 4 is 11.6 Å². The van der Waals surface area contributed by atoms with E-state index in [1.165, 1.54) is 26.4 Å².